The molecule has 1 aromatic rings. The molecule has 5 heteroatoms. The van der Waals surface area contributed by atoms with Gasteiger partial charge in [-0.15, -0.1) is 0 Å². The summed E-state index contributed by atoms with van der Waals surface area (Å²) in [5.41, 5.74) is 5.61. The van der Waals surface area contributed by atoms with Crippen LogP contribution in [0.3, 0.4) is 0 Å². The van der Waals surface area contributed by atoms with Crippen LogP contribution < -0.4 is 5.73 Å². The van der Waals surface area contributed by atoms with Gasteiger partial charge >= 0.3 is 0 Å². The minimum atomic E-state index is 0.330. The first-order valence-corrected chi connectivity index (χ1v) is 5.81. The van der Waals surface area contributed by atoms with Crippen molar-refractivity contribution in [3.05, 3.63) is 10.6 Å². The summed E-state index contributed by atoms with van der Waals surface area (Å²) in [6.07, 6.45) is 4.55. The lowest BCUT2D eigenvalue weighted by molar-refractivity contribution is 0.541. The first kappa shape index (κ1) is 12.1. The molecule has 0 aliphatic heterocycles. The second-order valence-electron chi connectivity index (χ2n) is 3.65. The van der Waals surface area contributed by atoms with Crippen LogP contribution in [0, 0.1) is 4.77 Å². The van der Waals surface area contributed by atoms with Crippen LogP contribution in [0.4, 0.5) is 5.95 Å². The molecule has 15 heavy (non-hydrogen) atoms. The number of aromatic amines is 1. The summed E-state index contributed by atoms with van der Waals surface area (Å²) in [7, 11) is 0. The van der Waals surface area contributed by atoms with Gasteiger partial charge in [0, 0.05) is 5.92 Å². The summed E-state index contributed by atoms with van der Waals surface area (Å²) < 4.78 is 0.330. The number of H-pyrrole nitrogens is 1. The smallest absolute Gasteiger partial charge is 0.224 e. The van der Waals surface area contributed by atoms with Gasteiger partial charge in [-0.1, -0.05) is 26.7 Å². The highest BCUT2D eigenvalue weighted by Gasteiger charge is 2.11. The fourth-order valence-electron chi connectivity index (χ4n) is 1.60. The first-order chi connectivity index (χ1) is 7.17. The summed E-state index contributed by atoms with van der Waals surface area (Å²) in [4.78, 5) is 11.1. The Hall–Kier alpha value is -0.970. The monoisotopic (exact) mass is 226 g/mol. The minimum absolute atomic E-state index is 0.330. The van der Waals surface area contributed by atoms with Crippen molar-refractivity contribution < 1.29 is 0 Å². The molecule has 0 amide bonds. The summed E-state index contributed by atoms with van der Waals surface area (Å²) in [5.74, 6) is 1.65. The van der Waals surface area contributed by atoms with Gasteiger partial charge in [0.25, 0.3) is 0 Å². The Morgan fingerprint density at radius 3 is 2.67 bits per heavy atom. The Morgan fingerprint density at radius 2 is 2.13 bits per heavy atom. The van der Waals surface area contributed by atoms with E-state index in [4.69, 9.17) is 18.0 Å². The van der Waals surface area contributed by atoms with Gasteiger partial charge in [-0.05, 0) is 25.1 Å². The van der Waals surface area contributed by atoms with E-state index in [1.54, 1.807) is 0 Å². The van der Waals surface area contributed by atoms with Crippen LogP contribution in [-0.2, 0) is 0 Å². The molecule has 4 nitrogen and oxygen atoms in total. The van der Waals surface area contributed by atoms with Gasteiger partial charge in [0.2, 0.25) is 10.7 Å². The maximum atomic E-state index is 5.61. The van der Waals surface area contributed by atoms with E-state index in [-0.39, 0.29) is 0 Å². The number of rotatable bonds is 5. The van der Waals surface area contributed by atoms with Crippen LogP contribution in [0.5, 0.6) is 0 Å². The summed E-state index contributed by atoms with van der Waals surface area (Å²) in [6, 6.07) is 0. The fourth-order valence-corrected chi connectivity index (χ4v) is 1.79. The lowest BCUT2D eigenvalue weighted by Crippen LogP contribution is -2.08. The standard InChI is InChI=1S/C10H18N4S/c1-3-5-6-7(4-2)8-12-9(11)14-10(15)13-8/h7H,3-6H2,1-2H3,(H3,11,12,13,14,15). The zero-order chi connectivity index (χ0) is 11.3. The van der Waals surface area contributed by atoms with Crippen molar-refractivity contribution in [2.45, 2.75) is 45.4 Å². The highest BCUT2D eigenvalue weighted by molar-refractivity contribution is 7.71. The number of nitrogens with zero attached hydrogens (tertiary/aromatic N) is 2. The Morgan fingerprint density at radius 1 is 1.40 bits per heavy atom. The highest BCUT2D eigenvalue weighted by Crippen LogP contribution is 2.22. The SMILES string of the molecule is CCCCC(CC)c1nc(=S)nc(N)[nH]1. The zero-order valence-electron chi connectivity index (χ0n) is 9.29. The number of unbranched alkanes of at least 4 members (excludes halogenated alkanes) is 1. The molecule has 0 saturated carbocycles. The maximum absolute atomic E-state index is 5.61. The van der Waals surface area contributed by atoms with Gasteiger partial charge in [-0.3, -0.25) is 0 Å². The topological polar surface area (TPSA) is 67.6 Å². The van der Waals surface area contributed by atoms with Crippen LogP contribution in [0.25, 0.3) is 0 Å². The van der Waals surface area contributed by atoms with Crippen molar-refractivity contribution >= 4 is 18.2 Å². The van der Waals surface area contributed by atoms with Gasteiger partial charge in [0.1, 0.15) is 5.82 Å². The van der Waals surface area contributed by atoms with Crippen LogP contribution >= 0.6 is 12.2 Å². The third kappa shape index (κ3) is 3.58. The van der Waals surface area contributed by atoms with E-state index in [9.17, 15) is 0 Å². The molecule has 1 aromatic heterocycles. The Labute approximate surface area is 95.3 Å². The molecule has 0 aromatic carbocycles. The van der Waals surface area contributed by atoms with Crippen molar-refractivity contribution in [2.24, 2.45) is 0 Å². The lowest BCUT2D eigenvalue weighted by Gasteiger charge is -2.13. The van der Waals surface area contributed by atoms with E-state index in [0.29, 0.717) is 16.6 Å². The van der Waals surface area contributed by atoms with Crippen molar-refractivity contribution in [3.63, 3.8) is 0 Å². The number of hydrogen-bond acceptors (Lipinski definition) is 4. The average Bonchev–Trinajstić information content (AvgIpc) is 2.17. The maximum Gasteiger partial charge on any atom is 0.224 e. The van der Waals surface area contributed by atoms with Gasteiger partial charge in [-0.2, -0.15) is 4.98 Å². The van der Waals surface area contributed by atoms with E-state index < -0.39 is 0 Å². The van der Waals surface area contributed by atoms with E-state index >= 15 is 0 Å². The number of nitrogens with one attached hydrogen (secondary N) is 1. The Kier molecular flexibility index (Phi) is 4.68. The normalized spacial score (nSPS) is 12.7. The molecule has 0 saturated heterocycles. The van der Waals surface area contributed by atoms with Gasteiger partial charge in [0.15, 0.2) is 0 Å². The molecule has 0 fully saturated rings. The number of anilines is 1. The van der Waals surface area contributed by atoms with Crippen LogP contribution in [-0.4, -0.2) is 15.0 Å². The number of nitrogens with two attached hydrogens (primary N) is 1. The lowest BCUT2D eigenvalue weighted by atomic mass is 9.99. The molecule has 0 aliphatic carbocycles. The van der Waals surface area contributed by atoms with Crippen molar-refractivity contribution in [1.82, 2.24) is 15.0 Å². The molecule has 0 aliphatic rings. The van der Waals surface area contributed by atoms with Gasteiger partial charge < -0.3 is 10.7 Å². The van der Waals surface area contributed by atoms with Crippen molar-refractivity contribution in [3.8, 4) is 0 Å². The molecule has 1 unspecified atom stereocenters. The van der Waals surface area contributed by atoms with Crippen LogP contribution in [0.1, 0.15) is 51.3 Å². The summed E-state index contributed by atoms with van der Waals surface area (Å²) >= 11 is 4.94. The van der Waals surface area contributed by atoms with Gasteiger partial charge in [0.05, 0.1) is 0 Å². The molecule has 84 valence electrons. The molecule has 0 radical (unpaired) electrons. The molecule has 1 atom stereocenters. The van der Waals surface area contributed by atoms with Crippen LogP contribution in [0.2, 0.25) is 0 Å². The minimum Gasteiger partial charge on any atom is -0.369 e. The van der Waals surface area contributed by atoms with E-state index in [1.807, 2.05) is 0 Å². The predicted molar refractivity (Wildman–Crippen MR) is 64.2 cm³/mol. The third-order valence-corrected chi connectivity index (χ3v) is 2.66. The molecular weight excluding hydrogens is 208 g/mol. The van der Waals surface area contributed by atoms with E-state index in [2.05, 4.69) is 28.8 Å². The molecule has 1 rings (SSSR count). The Balaban J connectivity index is 2.86. The molecule has 0 bridgehead atoms. The number of hydrogen-bond donors (Lipinski definition) is 2. The molecule has 0 spiro atoms. The molecular formula is C10H18N4S. The van der Waals surface area contributed by atoms with Crippen molar-refractivity contribution in [1.29, 1.82) is 0 Å². The third-order valence-electron chi connectivity index (χ3n) is 2.47. The molecule has 3 N–H and O–H groups in total. The quantitative estimate of drug-likeness (QED) is 0.758. The zero-order valence-corrected chi connectivity index (χ0v) is 10.1. The summed E-state index contributed by atoms with van der Waals surface area (Å²) in [5, 5.41) is 0. The predicted octanol–water partition coefficient (Wildman–Crippen LogP) is 2.80. The largest absolute Gasteiger partial charge is 0.369 e. The van der Waals surface area contributed by atoms with Crippen molar-refractivity contribution in [2.75, 3.05) is 5.73 Å². The fraction of sp³-hybridized carbons (Fsp3) is 0.700. The molecule has 1 heterocycles. The van der Waals surface area contributed by atoms with E-state index in [0.717, 1.165) is 18.7 Å². The average molecular weight is 226 g/mol. The first-order valence-electron chi connectivity index (χ1n) is 5.41. The second-order valence-corrected chi connectivity index (χ2v) is 4.01. The van der Waals surface area contributed by atoms with E-state index in [1.165, 1.54) is 12.8 Å². The second kappa shape index (κ2) is 5.80. The number of aromatic nitrogens is 3. The highest BCUT2D eigenvalue weighted by atomic mass is 32.1. The van der Waals surface area contributed by atoms with Gasteiger partial charge in [-0.25, -0.2) is 4.98 Å². The Bertz CT molecular complexity index is 361. The summed E-state index contributed by atoms with van der Waals surface area (Å²) in [6.45, 7) is 4.33. The number of nitrogen functional groups attached to an aromatic ring is 1. The van der Waals surface area contributed by atoms with Crippen LogP contribution in [0.15, 0.2) is 0 Å².